The maximum Gasteiger partial charge on any atom is 0.119 e. The number of rotatable bonds is 7. The molecule has 0 N–H and O–H groups in total. The van der Waals surface area contributed by atoms with Gasteiger partial charge in [-0.25, -0.2) is 0 Å². The van der Waals surface area contributed by atoms with Crippen molar-refractivity contribution in [3.8, 4) is 5.75 Å². The van der Waals surface area contributed by atoms with Gasteiger partial charge in [0, 0.05) is 22.4 Å². The van der Waals surface area contributed by atoms with Gasteiger partial charge < -0.3 is 9.64 Å². The molecule has 0 saturated heterocycles. The van der Waals surface area contributed by atoms with Gasteiger partial charge in [-0.05, 0) is 61.7 Å². The van der Waals surface area contributed by atoms with Gasteiger partial charge >= 0.3 is 0 Å². The lowest BCUT2D eigenvalue weighted by Crippen LogP contribution is -2.21. The number of methoxy groups -OCH3 is 1. The van der Waals surface area contributed by atoms with Gasteiger partial charge in [-0.1, -0.05) is 47.5 Å². The van der Waals surface area contributed by atoms with Gasteiger partial charge in [0.25, 0.3) is 0 Å². The van der Waals surface area contributed by atoms with Gasteiger partial charge in [0.15, 0.2) is 0 Å². The van der Waals surface area contributed by atoms with E-state index in [9.17, 15) is 0 Å². The molecule has 128 valence electrons. The Morgan fingerprint density at radius 1 is 1.17 bits per heavy atom. The van der Waals surface area contributed by atoms with Crippen LogP contribution in [0.2, 0.25) is 0 Å². The molecule has 0 spiro atoms. The zero-order chi connectivity index (χ0) is 17.5. The maximum absolute atomic E-state index is 5.35. The summed E-state index contributed by atoms with van der Waals surface area (Å²) in [5.41, 5.74) is 5.02. The fourth-order valence-corrected chi connectivity index (χ4v) is 2.96. The zero-order valence-corrected chi connectivity index (χ0v) is 16.6. The predicted octanol–water partition coefficient (Wildman–Crippen LogP) is 6.48. The predicted molar refractivity (Wildman–Crippen MR) is 107 cm³/mol. The van der Waals surface area contributed by atoms with E-state index >= 15 is 0 Å². The summed E-state index contributed by atoms with van der Waals surface area (Å²) in [4.78, 5) is 2.38. The second-order valence-electron chi connectivity index (χ2n) is 6.00. The Kier molecular flexibility index (Phi) is 6.92. The molecule has 0 aliphatic rings. The molecule has 0 aliphatic heterocycles. The molecule has 0 aromatic heterocycles. The van der Waals surface area contributed by atoms with E-state index in [2.05, 4.69) is 84.1 Å². The third-order valence-corrected chi connectivity index (χ3v) is 4.63. The molecule has 0 amide bonds. The molecular weight excluding hydrogens is 362 g/mol. The van der Waals surface area contributed by atoms with Crippen LogP contribution in [-0.2, 0) is 6.54 Å². The Balaban J connectivity index is 2.37. The zero-order valence-electron chi connectivity index (χ0n) is 15.0. The second kappa shape index (κ2) is 8.93. The molecule has 0 bridgehead atoms. The normalized spacial score (nSPS) is 11.5. The Morgan fingerprint density at radius 2 is 1.88 bits per heavy atom. The monoisotopic (exact) mass is 387 g/mol. The van der Waals surface area contributed by atoms with Crippen LogP contribution in [0.5, 0.6) is 5.75 Å². The summed E-state index contributed by atoms with van der Waals surface area (Å²) in [6.45, 7) is 7.39. The first-order chi connectivity index (χ1) is 11.5. The second-order valence-corrected chi connectivity index (χ2v) is 6.91. The van der Waals surface area contributed by atoms with Gasteiger partial charge in [0.2, 0.25) is 0 Å². The number of nitrogens with zero attached hydrogens (tertiary/aromatic N) is 1. The van der Waals surface area contributed by atoms with Gasteiger partial charge in [-0.2, -0.15) is 0 Å². The van der Waals surface area contributed by atoms with Crippen molar-refractivity contribution in [2.75, 3.05) is 12.0 Å². The molecular formula is C21H26BrNO. The van der Waals surface area contributed by atoms with Crippen LogP contribution in [0.1, 0.15) is 37.8 Å². The molecule has 0 radical (unpaired) electrons. The standard InChI is InChI=1S/C21H26BrNO/c1-5-6-7-17(3)23(15-18-8-10-19(22)11-9-18)21-13-12-20(24-4)14-16(21)2/h7-14H,5-6,15H2,1-4H3/b17-7+. The average molecular weight is 388 g/mol. The minimum atomic E-state index is 0.854. The highest BCUT2D eigenvalue weighted by Gasteiger charge is 2.13. The van der Waals surface area contributed by atoms with E-state index < -0.39 is 0 Å². The van der Waals surface area contributed by atoms with Gasteiger partial charge in [-0.15, -0.1) is 0 Å². The lowest BCUT2D eigenvalue weighted by atomic mass is 10.1. The number of allylic oxidation sites excluding steroid dienone is 2. The Labute approximate surface area is 154 Å². The molecule has 24 heavy (non-hydrogen) atoms. The largest absolute Gasteiger partial charge is 0.497 e. The molecule has 0 unspecified atom stereocenters. The summed E-state index contributed by atoms with van der Waals surface area (Å²) >= 11 is 3.51. The van der Waals surface area contributed by atoms with E-state index in [1.165, 1.54) is 22.5 Å². The average Bonchev–Trinajstić information content (AvgIpc) is 2.59. The molecule has 2 aromatic carbocycles. The van der Waals surface area contributed by atoms with E-state index in [-0.39, 0.29) is 0 Å². The van der Waals surface area contributed by atoms with Crippen molar-refractivity contribution in [1.29, 1.82) is 0 Å². The van der Waals surface area contributed by atoms with Crippen molar-refractivity contribution in [2.45, 2.75) is 40.2 Å². The van der Waals surface area contributed by atoms with Crippen molar-refractivity contribution in [1.82, 2.24) is 0 Å². The topological polar surface area (TPSA) is 12.5 Å². The minimum absolute atomic E-state index is 0.854. The van der Waals surface area contributed by atoms with Crippen molar-refractivity contribution in [3.05, 3.63) is 69.8 Å². The van der Waals surface area contributed by atoms with Crippen LogP contribution in [0.3, 0.4) is 0 Å². The van der Waals surface area contributed by atoms with E-state index in [1.807, 2.05) is 6.07 Å². The number of hydrogen-bond donors (Lipinski definition) is 0. The van der Waals surface area contributed by atoms with Crippen molar-refractivity contribution in [3.63, 3.8) is 0 Å². The Hall–Kier alpha value is -1.74. The molecule has 0 heterocycles. The molecule has 0 fully saturated rings. The summed E-state index contributed by atoms with van der Waals surface area (Å²) in [6.07, 6.45) is 4.57. The summed E-state index contributed by atoms with van der Waals surface area (Å²) in [6, 6.07) is 14.8. The third-order valence-electron chi connectivity index (χ3n) is 4.10. The number of unbranched alkanes of at least 4 members (excludes halogenated alkanes) is 1. The molecule has 2 nitrogen and oxygen atoms in total. The lowest BCUT2D eigenvalue weighted by Gasteiger charge is -2.28. The van der Waals surface area contributed by atoms with Crippen LogP contribution in [-0.4, -0.2) is 7.11 Å². The number of ether oxygens (including phenoxy) is 1. The van der Waals surface area contributed by atoms with Crippen LogP contribution < -0.4 is 9.64 Å². The first-order valence-corrected chi connectivity index (χ1v) is 9.17. The fraction of sp³-hybridized carbons (Fsp3) is 0.333. The summed E-state index contributed by atoms with van der Waals surface area (Å²) < 4.78 is 6.46. The Morgan fingerprint density at radius 3 is 2.46 bits per heavy atom. The van der Waals surface area contributed by atoms with E-state index in [0.29, 0.717) is 0 Å². The smallest absolute Gasteiger partial charge is 0.119 e. The van der Waals surface area contributed by atoms with E-state index in [1.54, 1.807) is 7.11 Å². The minimum Gasteiger partial charge on any atom is -0.497 e. The van der Waals surface area contributed by atoms with Crippen LogP contribution in [0.4, 0.5) is 5.69 Å². The van der Waals surface area contributed by atoms with Crippen LogP contribution >= 0.6 is 15.9 Å². The molecule has 3 heteroatoms. The van der Waals surface area contributed by atoms with Crippen molar-refractivity contribution < 1.29 is 4.74 Å². The van der Waals surface area contributed by atoms with Gasteiger partial charge in [0.05, 0.1) is 7.11 Å². The Bertz CT molecular complexity index is 691. The SMILES string of the molecule is CCC/C=C(\C)N(Cc1ccc(Br)cc1)c1ccc(OC)cc1C. The number of hydrogen-bond acceptors (Lipinski definition) is 2. The lowest BCUT2D eigenvalue weighted by molar-refractivity contribution is 0.414. The number of halogens is 1. The fourth-order valence-electron chi connectivity index (χ4n) is 2.69. The first-order valence-electron chi connectivity index (χ1n) is 8.38. The molecule has 2 aromatic rings. The van der Waals surface area contributed by atoms with Crippen LogP contribution in [0.15, 0.2) is 58.7 Å². The van der Waals surface area contributed by atoms with E-state index in [4.69, 9.17) is 4.74 Å². The van der Waals surface area contributed by atoms with E-state index in [0.717, 1.165) is 29.6 Å². The molecule has 0 aliphatic carbocycles. The molecule has 0 saturated carbocycles. The highest BCUT2D eigenvalue weighted by atomic mass is 79.9. The molecule has 2 rings (SSSR count). The highest BCUT2D eigenvalue weighted by molar-refractivity contribution is 9.10. The molecule has 0 atom stereocenters. The quantitative estimate of drug-likeness (QED) is 0.539. The number of benzene rings is 2. The van der Waals surface area contributed by atoms with Crippen molar-refractivity contribution in [2.24, 2.45) is 0 Å². The van der Waals surface area contributed by atoms with Crippen LogP contribution in [0.25, 0.3) is 0 Å². The first kappa shape index (κ1) is 18.6. The number of anilines is 1. The third kappa shape index (κ3) is 4.88. The number of aryl methyl sites for hydroxylation is 1. The van der Waals surface area contributed by atoms with Gasteiger partial charge in [0.1, 0.15) is 5.75 Å². The summed E-state index contributed by atoms with van der Waals surface area (Å²) in [7, 11) is 1.71. The summed E-state index contributed by atoms with van der Waals surface area (Å²) in [5, 5.41) is 0. The maximum atomic E-state index is 5.35. The van der Waals surface area contributed by atoms with Gasteiger partial charge in [-0.3, -0.25) is 0 Å². The highest BCUT2D eigenvalue weighted by Crippen LogP contribution is 2.29. The summed E-state index contributed by atoms with van der Waals surface area (Å²) in [5.74, 6) is 0.898. The van der Waals surface area contributed by atoms with Crippen LogP contribution in [0, 0.1) is 6.92 Å². The van der Waals surface area contributed by atoms with Crippen molar-refractivity contribution >= 4 is 21.6 Å².